The fourth-order valence-electron chi connectivity index (χ4n) is 2.60. The van der Waals surface area contributed by atoms with Crippen molar-refractivity contribution in [2.24, 2.45) is 12.0 Å². The first-order valence-electron chi connectivity index (χ1n) is 10.4. The molecule has 0 spiro atoms. The molecule has 10 heteroatoms. The summed E-state index contributed by atoms with van der Waals surface area (Å²) in [5.74, 6) is 2.27. The smallest absolute Gasteiger partial charge is 0.408 e. The van der Waals surface area contributed by atoms with Crippen molar-refractivity contribution in [2.45, 2.75) is 65.6 Å². The normalized spacial score (nSPS) is 12.5. The quantitative estimate of drug-likeness (QED) is 0.423. The van der Waals surface area contributed by atoms with Crippen molar-refractivity contribution in [1.82, 2.24) is 30.7 Å². The molecule has 0 aliphatic rings. The standard InChI is InChI=1S/C21H35N7O2S/c1-15-26-27-17(28(15)7)13-23-18(22-11-10-16-9-8-12-31-16)24-14-21(5,6)25-19(29)30-20(2,3)4/h8-9,12H,10-11,13-14H2,1-7H3,(H,25,29)(H2,22,23,24). The Hall–Kier alpha value is -2.62. The van der Waals surface area contributed by atoms with Crippen LogP contribution >= 0.6 is 11.3 Å². The molecule has 9 nitrogen and oxygen atoms in total. The summed E-state index contributed by atoms with van der Waals surface area (Å²) in [6.07, 6.45) is 0.457. The molecule has 0 bridgehead atoms. The van der Waals surface area contributed by atoms with E-state index in [1.165, 1.54) is 4.88 Å². The third kappa shape index (κ3) is 8.95. The van der Waals surface area contributed by atoms with E-state index in [4.69, 9.17) is 4.74 Å². The van der Waals surface area contributed by atoms with Crippen LogP contribution in [0.15, 0.2) is 22.5 Å². The lowest BCUT2D eigenvalue weighted by Crippen LogP contribution is -2.54. The molecule has 0 radical (unpaired) electrons. The molecule has 0 aliphatic carbocycles. The summed E-state index contributed by atoms with van der Waals surface area (Å²) in [6.45, 7) is 12.9. The molecule has 172 valence electrons. The fraction of sp³-hybridized carbons (Fsp3) is 0.619. The molecule has 0 fully saturated rings. The van der Waals surface area contributed by atoms with Crippen LogP contribution in [0.25, 0.3) is 0 Å². The zero-order chi connectivity index (χ0) is 23.1. The van der Waals surface area contributed by atoms with Crippen molar-refractivity contribution in [3.05, 3.63) is 34.0 Å². The Morgan fingerprint density at radius 1 is 1.23 bits per heavy atom. The maximum absolute atomic E-state index is 12.1. The van der Waals surface area contributed by atoms with Gasteiger partial charge in [0, 0.05) is 25.0 Å². The first-order valence-corrected chi connectivity index (χ1v) is 11.2. The van der Waals surface area contributed by atoms with Crippen LogP contribution in [0.4, 0.5) is 4.79 Å². The van der Waals surface area contributed by atoms with E-state index in [-0.39, 0.29) is 0 Å². The van der Waals surface area contributed by atoms with Crippen LogP contribution in [0, 0.1) is 6.92 Å². The summed E-state index contributed by atoms with van der Waals surface area (Å²) >= 11 is 1.74. The molecule has 0 unspecified atom stereocenters. The summed E-state index contributed by atoms with van der Waals surface area (Å²) < 4.78 is 7.28. The van der Waals surface area contributed by atoms with E-state index in [0.717, 1.165) is 24.6 Å². The number of aryl methyl sites for hydroxylation is 1. The van der Waals surface area contributed by atoms with Crippen LogP contribution in [0.2, 0.25) is 0 Å². The maximum Gasteiger partial charge on any atom is 0.408 e. The number of guanidine groups is 1. The van der Waals surface area contributed by atoms with Crippen molar-refractivity contribution >= 4 is 23.4 Å². The predicted molar refractivity (Wildman–Crippen MR) is 124 cm³/mol. The first kappa shape index (κ1) is 24.6. The molecular weight excluding hydrogens is 414 g/mol. The molecule has 0 atom stereocenters. The maximum atomic E-state index is 12.1. The summed E-state index contributed by atoms with van der Waals surface area (Å²) in [4.78, 5) is 18.1. The van der Waals surface area contributed by atoms with Gasteiger partial charge in [-0.3, -0.25) is 0 Å². The summed E-state index contributed by atoms with van der Waals surface area (Å²) in [6, 6.07) is 4.17. The fourth-order valence-corrected chi connectivity index (χ4v) is 3.31. The van der Waals surface area contributed by atoms with Crippen molar-refractivity contribution in [1.29, 1.82) is 0 Å². The van der Waals surface area contributed by atoms with Crippen LogP contribution < -0.4 is 16.0 Å². The lowest BCUT2D eigenvalue weighted by Gasteiger charge is -2.29. The molecule has 2 heterocycles. The van der Waals surface area contributed by atoms with E-state index in [2.05, 4.69) is 48.7 Å². The van der Waals surface area contributed by atoms with Gasteiger partial charge in [0.25, 0.3) is 0 Å². The van der Waals surface area contributed by atoms with Crippen LogP contribution in [0.5, 0.6) is 0 Å². The number of aliphatic imine (C=N–C) groups is 1. The summed E-state index contributed by atoms with van der Waals surface area (Å²) in [7, 11) is 1.92. The number of ether oxygens (including phenoxy) is 1. The molecule has 0 aliphatic heterocycles. The number of rotatable bonds is 8. The number of thiophene rings is 1. The SMILES string of the molecule is Cc1nnc(CN=C(NCCc2cccs2)NCC(C)(C)NC(=O)OC(C)(C)C)n1C. The Labute approximate surface area is 188 Å². The number of carbonyl (C=O) groups excluding carboxylic acids is 1. The number of nitrogens with zero attached hydrogens (tertiary/aromatic N) is 4. The van der Waals surface area contributed by atoms with Crippen LogP contribution in [-0.2, 0) is 24.8 Å². The second-order valence-corrected chi connectivity index (χ2v) is 10.0. The van der Waals surface area contributed by atoms with Gasteiger partial charge in [0.05, 0.1) is 5.54 Å². The van der Waals surface area contributed by atoms with Gasteiger partial charge in [-0.1, -0.05) is 6.07 Å². The van der Waals surface area contributed by atoms with Gasteiger partial charge >= 0.3 is 6.09 Å². The minimum atomic E-state index is -0.544. The van der Waals surface area contributed by atoms with E-state index in [0.29, 0.717) is 19.0 Å². The van der Waals surface area contributed by atoms with Crippen molar-refractivity contribution < 1.29 is 9.53 Å². The average Bonchev–Trinajstić information content (AvgIpc) is 3.26. The minimum Gasteiger partial charge on any atom is -0.444 e. The monoisotopic (exact) mass is 449 g/mol. The molecule has 2 aromatic rings. The van der Waals surface area contributed by atoms with Gasteiger partial charge in [0.15, 0.2) is 11.8 Å². The number of carbonyl (C=O) groups is 1. The highest BCUT2D eigenvalue weighted by Crippen LogP contribution is 2.10. The highest BCUT2D eigenvalue weighted by Gasteiger charge is 2.24. The molecule has 31 heavy (non-hydrogen) atoms. The van der Waals surface area contributed by atoms with E-state index < -0.39 is 17.2 Å². The molecule has 0 saturated carbocycles. The van der Waals surface area contributed by atoms with E-state index in [1.54, 1.807) is 11.3 Å². The second kappa shape index (κ2) is 10.6. The van der Waals surface area contributed by atoms with Gasteiger partial charge in [0.2, 0.25) is 0 Å². The highest BCUT2D eigenvalue weighted by atomic mass is 32.1. The van der Waals surface area contributed by atoms with Gasteiger partial charge < -0.3 is 25.3 Å². The molecule has 2 rings (SSSR count). The zero-order valence-corrected chi connectivity index (χ0v) is 20.4. The van der Waals surface area contributed by atoms with Gasteiger partial charge in [-0.25, -0.2) is 9.79 Å². The van der Waals surface area contributed by atoms with Gasteiger partial charge in [-0.15, -0.1) is 21.5 Å². The zero-order valence-electron chi connectivity index (χ0n) is 19.6. The van der Waals surface area contributed by atoms with E-state index >= 15 is 0 Å². The van der Waals surface area contributed by atoms with E-state index in [9.17, 15) is 4.79 Å². The third-order valence-electron chi connectivity index (χ3n) is 4.34. The first-order chi connectivity index (χ1) is 14.5. The molecule has 0 aromatic carbocycles. The van der Waals surface area contributed by atoms with Gasteiger partial charge in [-0.05, 0) is 59.4 Å². The van der Waals surface area contributed by atoms with Crippen molar-refractivity contribution in [2.75, 3.05) is 13.1 Å². The summed E-state index contributed by atoms with van der Waals surface area (Å²) in [5.41, 5.74) is -1.09. The lowest BCUT2D eigenvalue weighted by molar-refractivity contribution is 0.0474. The summed E-state index contributed by atoms with van der Waals surface area (Å²) in [5, 5.41) is 19.9. The Morgan fingerprint density at radius 2 is 1.97 bits per heavy atom. The Kier molecular flexibility index (Phi) is 8.43. The molecule has 0 saturated heterocycles. The Morgan fingerprint density at radius 3 is 2.55 bits per heavy atom. The highest BCUT2D eigenvalue weighted by molar-refractivity contribution is 7.09. The second-order valence-electron chi connectivity index (χ2n) is 9.01. The third-order valence-corrected chi connectivity index (χ3v) is 5.28. The Bertz CT molecular complexity index is 867. The molecule has 1 amide bonds. The number of nitrogens with one attached hydrogen (secondary N) is 3. The van der Waals surface area contributed by atoms with Crippen LogP contribution in [0.3, 0.4) is 0 Å². The van der Waals surface area contributed by atoms with Gasteiger partial charge in [0.1, 0.15) is 18.0 Å². The molecule has 2 aromatic heterocycles. The lowest BCUT2D eigenvalue weighted by atomic mass is 10.1. The number of hydrogen-bond donors (Lipinski definition) is 3. The van der Waals surface area contributed by atoms with Crippen LogP contribution in [0.1, 0.15) is 51.1 Å². The van der Waals surface area contributed by atoms with Crippen molar-refractivity contribution in [3.8, 4) is 0 Å². The van der Waals surface area contributed by atoms with E-state index in [1.807, 2.05) is 53.2 Å². The Balaban J connectivity index is 1.98. The molecular formula is C21H35N7O2S. The largest absolute Gasteiger partial charge is 0.444 e. The number of alkyl carbamates (subject to hydrolysis) is 1. The van der Waals surface area contributed by atoms with Crippen LogP contribution in [-0.4, -0.2) is 51.0 Å². The predicted octanol–water partition coefficient (Wildman–Crippen LogP) is 2.77. The minimum absolute atomic E-state index is 0.394. The van der Waals surface area contributed by atoms with Gasteiger partial charge in [-0.2, -0.15) is 0 Å². The molecule has 3 N–H and O–H groups in total. The number of amides is 1. The topological polar surface area (TPSA) is 105 Å². The van der Waals surface area contributed by atoms with Crippen molar-refractivity contribution in [3.63, 3.8) is 0 Å². The number of aromatic nitrogens is 3. The average molecular weight is 450 g/mol. The number of hydrogen-bond acceptors (Lipinski definition) is 6.